The van der Waals surface area contributed by atoms with Crippen LogP contribution in [0.5, 0.6) is 0 Å². The first-order valence-electron chi connectivity index (χ1n) is 9.29. The lowest BCUT2D eigenvalue weighted by Crippen LogP contribution is -2.22. The van der Waals surface area contributed by atoms with Crippen LogP contribution in [0, 0.1) is 5.92 Å². The molecule has 0 saturated heterocycles. The van der Waals surface area contributed by atoms with Gasteiger partial charge in [-0.3, -0.25) is 4.79 Å². The van der Waals surface area contributed by atoms with Gasteiger partial charge in [-0.1, -0.05) is 43.1 Å². The van der Waals surface area contributed by atoms with Gasteiger partial charge in [0.1, 0.15) is 9.71 Å². The number of pyridine rings is 1. The van der Waals surface area contributed by atoms with Crippen molar-refractivity contribution in [1.29, 1.82) is 0 Å². The van der Waals surface area contributed by atoms with Gasteiger partial charge >= 0.3 is 0 Å². The summed E-state index contributed by atoms with van der Waals surface area (Å²) in [7, 11) is 0. The van der Waals surface area contributed by atoms with Gasteiger partial charge in [-0.25, -0.2) is 4.98 Å². The molecule has 1 amide bonds. The van der Waals surface area contributed by atoms with Crippen LogP contribution in [0.4, 0.5) is 5.69 Å². The number of nitrogen functional groups attached to an aromatic ring is 1. The van der Waals surface area contributed by atoms with Crippen LogP contribution >= 0.6 is 22.9 Å². The fourth-order valence-corrected chi connectivity index (χ4v) is 4.90. The van der Waals surface area contributed by atoms with Crippen LogP contribution in [-0.4, -0.2) is 10.9 Å². The van der Waals surface area contributed by atoms with Crippen LogP contribution in [0.3, 0.4) is 0 Å². The van der Waals surface area contributed by atoms with Crippen molar-refractivity contribution in [1.82, 2.24) is 10.3 Å². The van der Waals surface area contributed by atoms with Crippen molar-refractivity contribution in [3.05, 3.63) is 57.1 Å². The zero-order chi connectivity index (χ0) is 19.0. The number of halogens is 1. The van der Waals surface area contributed by atoms with E-state index in [1.807, 2.05) is 24.3 Å². The number of thiophene rings is 1. The Hall–Kier alpha value is -2.11. The molecule has 1 aliphatic rings. The van der Waals surface area contributed by atoms with E-state index in [0.29, 0.717) is 22.1 Å². The molecule has 2 aromatic heterocycles. The largest absolute Gasteiger partial charge is 0.397 e. The number of aromatic nitrogens is 1. The molecule has 0 fully saturated rings. The second-order valence-corrected chi connectivity index (χ2v) is 8.49. The van der Waals surface area contributed by atoms with Gasteiger partial charge in [0.2, 0.25) is 0 Å². The number of hydrogen-bond acceptors (Lipinski definition) is 4. The number of nitrogens with two attached hydrogens (primary N) is 1. The van der Waals surface area contributed by atoms with Gasteiger partial charge in [0.05, 0.1) is 5.69 Å². The molecule has 3 aromatic rings. The highest BCUT2D eigenvalue weighted by molar-refractivity contribution is 7.21. The number of aryl methyl sites for hydroxylation is 1. The standard InChI is InChI=1S/C21H22ClN3OS/c1-2-12-7-8-17-14(9-12)10-15-18(23)19(27-21(15)25-17)20(26)24-11-13-5-3-4-6-16(13)22/h3-6,10,12H,2,7-9,11,23H2,1H3,(H,24,26). The third-order valence-electron chi connectivity index (χ3n) is 5.37. The average molecular weight is 400 g/mol. The molecule has 0 saturated carbocycles. The van der Waals surface area contributed by atoms with E-state index in [0.717, 1.165) is 40.2 Å². The molecule has 1 aromatic carbocycles. The maximum Gasteiger partial charge on any atom is 0.263 e. The number of hydrogen-bond donors (Lipinski definition) is 2. The van der Waals surface area contributed by atoms with Crippen molar-refractivity contribution >= 4 is 44.7 Å². The van der Waals surface area contributed by atoms with Crippen LogP contribution < -0.4 is 11.1 Å². The number of anilines is 1. The Labute approximate surface area is 167 Å². The monoisotopic (exact) mass is 399 g/mol. The van der Waals surface area contributed by atoms with Crippen molar-refractivity contribution in [2.45, 2.75) is 39.2 Å². The van der Waals surface area contributed by atoms with Crippen LogP contribution in [0.2, 0.25) is 5.02 Å². The topological polar surface area (TPSA) is 68.0 Å². The van der Waals surface area contributed by atoms with E-state index in [1.54, 1.807) is 0 Å². The van der Waals surface area contributed by atoms with Gasteiger partial charge in [-0.2, -0.15) is 0 Å². The normalized spacial score (nSPS) is 16.3. The summed E-state index contributed by atoms with van der Waals surface area (Å²) in [6, 6.07) is 9.63. The maximum absolute atomic E-state index is 12.7. The molecule has 140 valence electrons. The molecule has 4 nitrogen and oxygen atoms in total. The minimum atomic E-state index is -0.181. The molecule has 3 N–H and O–H groups in total. The van der Waals surface area contributed by atoms with Gasteiger partial charge in [-0.15, -0.1) is 11.3 Å². The van der Waals surface area contributed by atoms with Crippen molar-refractivity contribution in [2.75, 3.05) is 5.73 Å². The Morgan fingerprint density at radius 1 is 1.41 bits per heavy atom. The number of fused-ring (bicyclic) bond motifs is 2. The number of amides is 1. The first kappa shape index (κ1) is 18.3. The van der Waals surface area contributed by atoms with E-state index in [1.165, 1.54) is 29.7 Å². The van der Waals surface area contributed by atoms with E-state index < -0.39 is 0 Å². The molecular weight excluding hydrogens is 378 g/mol. The van der Waals surface area contributed by atoms with Gasteiger partial charge in [0, 0.05) is 22.6 Å². The fraction of sp³-hybridized carbons (Fsp3) is 0.333. The Kier molecular flexibility index (Phi) is 5.06. The number of nitrogens with one attached hydrogen (secondary N) is 1. The van der Waals surface area contributed by atoms with Gasteiger partial charge in [0.25, 0.3) is 5.91 Å². The number of rotatable bonds is 4. The van der Waals surface area contributed by atoms with Gasteiger partial charge in [0.15, 0.2) is 0 Å². The summed E-state index contributed by atoms with van der Waals surface area (Å²) in [5.74, 6) is 0.537. The predicted molar refractivity (Wildman–Crippen MR) is 112 cm³/mol. The second kappa shape index (κ2) is 7.49. The summed E-state index contributed by atoms with van der Waals surface area (Å²) in [5.41, 5.74) is 10.2. The minimum Gasteiger partial charge on any atom is -0.397 e. The SMILES string of the molecule is CCC1CCc2nc3sc(C(=O)NCc4ccccc4Cl)c(N)c3cc2C1. The number of nitrogens with zero attached hydrogens (tertiary/aromatic N) is 1. The fourth-order valence-electron chi connectivity index (χ4n) is 3.68. The zero-order valence-electron chi connectivity index (χ0n) is 15.2. The lowest BCUT2D eigenvalue weighted by molar-refractivity contribution is 0.0956. The average Bonchev–Trinajstić information content (AvgIpc) is 3.01. The lowest BCUT2D eigenvalue weighted by Gasteiger charge is -2.22. The molecule has 1 unspecified atom stereocenters. The first-order chi connectivity index (χ1) is 13.1. The third-order valence-corrected chi connectivity index (χ3v) is 6.85. The Morgan fingerprint density at radius 2 is 2.22 bits per heavy atom. The van der Waals surface area contributed by atoms with Crippen LogP contribution in [0.1, 0.15) is 46.3 Å². The first-order valence-corrected chi connectivity index (χ1v) is 10.5. The molecule has 1 atom stereocenters. The van der Waals surface area contributed by atoms with E-state index in [9.17, 15) is 4.79 Å². The summed E-state index contributed by atoms with van der Waals surface area (Å²) < 4.78 is 0. The number of carbonyl (C=O) groups excluding carboxylic acids is 1. The quantitative estimate of drug-likeness (QED) is 0.650. The third kappa shape index (κ3) is 3.54. The number of benzene rings is 1. The highest BCUT2D eigenvalue weighted by Gasteiger charge is 2.23. The zero-order valence-corrected chi connectivity index (χ0v) is 16.8. The highest BCUT2D eigenvalue weighted by atomic mass is 35.5. The van der Waals surface area contributed by atoms with Crippen LogP contribution in [-0.2, 0) is 19.4 Å². The van der Waals surface area contributed by atoms with Crippen LogP contribution in [0.25, 0.3) is 10.2 Å². The highest BCUT2D eigenvalue weighted by Crippen LogP contribution is 2.36. The van der Waals surface area contributed by atoms with Gasteiger partial charge < -0.3 is 11.1 Å². The second-order valence-electron chi connectivity index (χ2n) is 7.08. The van der Waals surface area contributed by atoms with E-state index in [-0.39, 0.29) is 5.91 Å². The summed E-state index contributed by atoms with van der Waals surface area (Å²) >= 11 is 7.53. The summed E-state index contributed by atoms with van der Waals surface area (Å²) in [4.78, 5) is 18.9. The minimum absolute atomic E-state index is 0.181. The predicted octanol–water partition coefficient (Wildman–Crippen LogP) is 4.98. The van der Waals surface area contributed by atoms with E-state index >= 15 is 0 Å². The van der Waals surface area contributed by atoms with Crippen molar-refractivity contribution in [3.63, 3.8) is 0 Å². The summed E-state index contributed by atoms with van der Waals surface area (Å²) in [6.45, 7) is 2.61. The Balaban J connectivity index is 1.60. The van der Waals surface area contributed by atoms with Gasteiger partial charge in [-0.05, 0) is 48.4 Å². The molecule has 27 heavy (non-hydrogen) atoms. The van der Waals surface area contributed by atoms with Crippen molar-refractivity contribution < 1.29 is 4.79 Å². The smallest absolute Gasteiger partial charge is 0.263 e. The Morgan fingerprint density at radius 3 is 3.00 bits per heavy atom. The van der Waals surface area contributed by atoms with E-state index in [4.69, 9.17) is 22.3 Å². The molecule has 0 aliphatic heterocycles. The molecule has 6 heteroatoms. The maximum atomic E-state index is 12.7. The van der Waals surface area contributed by atoms with Crippen molar-refractivity contribution in [3.8, 4) is 0 Å². The summed E-state index contributed by atoms with van der Waals surface area (Å²) in [6.07, 6.45) is 4.44. The number of carbonyl (C=O) groups is 1. The molecule has 0 spiro atoms. The molecular formula is C21H22ClN3OS. The van der Waals surface area contributed by atoms with Crippen molar-refractivity contribution in [2.24, 2.45) is 5.92 Å². The molecule has 2 heterocycles. The van der Waals surface area contributed by atoms with E-state index in [2.05, 4.69) is 18.3 Å². The van der Waals surface area contributed by atoms with Crippen LogP contribution in [0.15, 0.2) is 30.3 Å². The lowest BCUT2D eigenvalue weighted by atomic mass is 9.85. The summed E-state index contributed by atoms with van der Waals surface area (Å²) in [5, 5.41) is 4.46. The molecule has 4 rings (SSSR count). The molecule has 0 radical (unpaired) electrons. The Bertz CT molecular complexity index is 1010. The molecule has 0 bridgehead atoms. The molecule has 1 aliphatic carbocycles.